The van der Waals surface area contributed by atoms with Crippen molar-refractivity contribution in [3.05, 3.63) is 29.6 Å². The topological polar surface area (TPSA) is 57.0 Å². The van der Waals surface area contributed by atoms with Crippen LogP contribution < -0.4 is 0 Å². The molecule has 2 unspecified atom stereocenters. The van der Waals surface area contributed by atoms with Crippen LogP contribution in [0.25, 0.3) is 0 Å². The molecule has 19 heavy (non-hydrogen) atoms. The highest BCUT2D eigenvalue weighted by Crippen LogP contribution is 2.38. The molecule has 0 saturated carbocycles. The Balaban J connectivity index is 1.84. The maximum atomic E-state index is 12.6. The summed E-state index contributed by atoms with van der Waals surface area (Å²) in [4.78, 5) is 19.1. The second-order valence-electron chi connectivity index (χ2n) is 5.59. The van der Waals surface area contributed by atoms with Crippen molar-refractivity contribution >= 4 is 5.78 Å². The van der Waals surface area contributed by atoms with Gasteiger partial charge in [0.05, 0.1) is 5.56 Å². The molecule has 2 fully saturated rings. The molecule has 4 heteroatoms. The predicted octanol–water partition coefficient (Wildman–Crippen LogP) is 2.01. The molecule has 2 atom stereocenters. The Kier molecular flexibility index (Phi) is 3.08. The zero-order valence-electron chi connectivity index (χ0n) is 11.0. The van der Waals surface area contributed by atoms with Crippen LogP contribution in [0, 0.1) is 17.2 Å². The van der Waals surface area contributed by atoms with Crippen molar-refractivity contribution in [2.45, 2.75) is 37.8 Å². The number of piperidine rings is 1. The third-order valence-electron chi connectivity index (χ3n) is 4.63. The quantitative estimate of drug-likeness (QED) is 0.758. The number of ketones is 1. The fraction of sp³-hybridized carbons (Fsp3) is 0.533. The van der Waals surface area contributed by atoms with Crippen LogP contribution in [0.1, 0.15) is 41.7 Å². The van der Waals surface area contributed by atoms with Gasteiger partial charge in [0.1, 0.15) is 11.8 Å². The molecule has 1 aromatic heterocycles. The molecule has 98 valence electrons. The first-order valence-electron chi connectivity index (χ1n) is 6.82. The molecule has 0 spiro atoms. The molecular weight excluding hydrogens is 238 g/mol. The van der Waals surface area contributed by atoms with Crippen LogP contribution in [-0.2, 0) is 0 Å². The van der Waals surface area contributed by atoms with Crippen LogP contribution in [-0.4, -0.2) is 34.8 Å². The maximum absolute atomic E-state index is 12.6. The highest BCUT2D eigenvalue weighted by Gasteiger charge is 2.41. The standard InChI is InChI=1S/C15H17N3O/c1-18-12-4-5-13(18)8-11(7-12)15(19)14-10(9-16)3-2-6-17-14/h2-3,6,11-13H,4-5,7-8H2,1H3. The predicted molar refractivity (Wildman–Crippen MR) is 70.6 cm³/mol. The van der Waals surface area contributed by atoms with Gasteiger partial charge >= 0.3 is 0 Å². The fourth-order valence-corrected chi connectivity index (χ4v) is 3.51. The highest BCUT2D eigenvalue weighted by atomic mass is 16.1. The summed E-state index contributed by atoms with van der Waals surface area (Å²) < 4.78 is 0. The van der Waals surface area contributed by atoms with Crippen LogP contribution in [0.5, 0.6) is 0 Å². The second kappa shape index (κ2) is 4.75. The third-order valence-corrected chi connectivity index (χ3v) is 4.63. The SMILES string of the molecule is CN1C2CCC1CC(C(=O)c1ncccc1C#N)C2. The number of Topliss-reactive ketones (excluding diaryl/α,β-unsaturated/α-hetero) is 1. The summed E-state index contributed by atoms with van der Waals surface area (Å²) >= 11 is 0. The van der Waals surface area contributed by atoms with Crippen molar-refractivity contribution in [2.24, 2.45) is 5.92 Å². The first kappa shape index (κ1) is 12.3. The molecule has 0 aromatic carbocycles. The van der Waals surface area contributed by atoms with Crippen molar-refractivity contribution in [3.8, 4) is 6.07 Å². The summed E-state index contributed by atoms with van der Waals surface area (Å²) in [5.41, 5.74) is 0.762. The van der Waals surface area contributed by atoms with Crippen LogP contribution >= 0.6 is 0 Å². The Morgan fingerprint density at radius 3 is 2.74 bits per heavy atom. The molecular formula is C15H17N3O. The van der Waals surface area contributed by atoms with Crippen LogP contribution in [0.15, 0.2) is 18.3 Å². The van der Waals surface area contributed by atoms with E-state index in [2.05, 4.69) is 23.0 Å². The minimum Gasteiger partial charge on any atom is -0.300 e. The van der Waals surface area contributed by atoms with E-state index in [1.165, 1.54) is 12.8 Å². The average Bonchev–Trinajstić information content (AvgIpc) is 2.68. The van der Waals surface area contributed by atoms with Gasteiger partial charge < -0.3 is 4.90 Å². The number of pyridine rings is 1. The lowest BCUT2D eigenvalue weighted by Gasteiger charge is -2.35. The molecule has 3 rings (SSSR count). The molecule has 4 nitrogen and oxygen atoms in total. The van der Waals surface area contributed by atoms with Gasteiger partial charge in [-0.1, -0.05) is 0 Å². The van der Waals surface area contributed by atoms with Gasteiger partial charge in [-0.3, -0.25) is 9.78 Å². The number of aromatic nitrogens is 1. The fourth-order valence-electron chi connectivity index (χ4n) is 3.51. The third kappa shape index (κ3) is 2.04. The molecule has 2 bridgehead atoms. The summed E-state index contributed by atoms with van der Waals surface area (Å²) in [5.74, 6) is 0.0952. The molecule has 1 aromatic rings. The number of carbonyl (C=O) groups is 1. The minimum absolute atomic E-state index is 0.0377. The monoisotopic (exact) mass is 255 g/mol. The van der Waals surface area contributed by atoms with E-state index in [1.807, 2.05) is 0 Å². The molecule has 0 amide bonds. The lowest BCUT2D eigenvalue weighted by atomic mass is 9.85. The van der Waals surface area contributed by atoms with Crippen molar-refractivity contribution < 1.29 is 4.79 Å². The van der Waals surface area contributed by atoms with Gasteiger partial charge in [0.15, 0.2) is 5.78 Å². The van der Waals surface area contributed by atoms with Gasteiger partial charge in [0, 0.05) is 24.2 Å². The number of hydrogen-bond acceptors (Lipinski definition) is 4. The minimum atomic E-state index is 0.0377. The van der Waals surface area contributed by atoms with E-state index in [1.54, 1.807) is 18.3 Å². The van der Waals surface area contributed by atoms with Crippen LogP contribution in [0.3, 0.4) is 0 Å². The van der Waals surface area contributed by atoms with Gasteiger partial charge in [-0.05, 0) is 44.9 Å². The summed E-state index contributed by atoms with van der Waals surface area (Å²) in [7, 11) is 2.16. The Labute approximate surface area is 113 Å². The Hall–Kier alpha value is -1.73. The largest absolute Gasteiger partial charge is 0.300 e. The lowest BCUT2D eigenvalue weighted by molar-refractivity contribution is 0.0762. The van der Waals surface area contributed by atoms with E-state index in [0.29, 0.717) is 23.3 Å². The van der Waals surface area contributed by atoms with Gasteiger partial charge in [0.2, 0.25) is 0 Å². The van der Waals surface area contributed by atoms with Gasteiger partial charge in [-0.2, -0.15) is 5.26 Å². The average molecular weight is 255 g/mol. The van der Waals surface area contributed by atoms with E-state index >= 15 is 0 Å². The Morgan fingerprint density at radius 1 is 1.42 bits per heavy atom. The van der Waals surface area contributed by atoms with Crippen molar-refractivity contribution in [2.75, 3.05) is 7.05 Å². The zero-order chi connectivity index (χ0) is 13.4. The Morgan fingerprint density at radius 2 is 2.11 bits per heavy atom. The zero-order valence-corrected chi connectivity index (χ0v) is 11.0. The van der Waals surface area contributed by atoms with Crippen molar-refractivity contribution in [1.82, 2.24) is 9.88 Å². The smallest absolute Gasteiger partial charge is 0.185 e. The normalized spacial score (nSPS) is 30.0. The van der Waals surface area contributed by atoms with Crippen LogP contribution in [0.2, 0.25) is 0 Å². The second-order valence-corrected chi connectivity index (χ2v) is 5.59. The number of fused-ring (bicyclic) bond motifs is 2. The van der Waals surface area contributed by atoms with E-state index in [9.17, 15) is 4.79 Å². The van der Waals surface area contributed by atoms with E-state index in [0.717, 1.165) is 12.8 Å². The van der Waals surface area contributed by atoms with Crippen LogP contribution in [0.4, 0.5) is 0 Å². The summed E-state index contributed by atoms with van der Waals surface area (Å²) in [6.07, 6.45) is 5.80. The maximum Gasteiger partial charge on any atom is 0.185 e. The lowest BCUT2D eigenvalue weighted by Crippen LogP contribution is -2.42. The first-order chi connectivity index (χ1) is 9.20. The van der Waals surface area contributed by atoms with E-state index < -0.39 is 0 Å². The molecule has 0 N–H and O–H groups in total. The molecule has 2 aliphatic rings. The summed E-state index contributed by atoms with van der Waals surface area (Å²) in [6.45, 7) is 0. The number of nitrogens with zero attached hydrogens (tertiary/aromatic N) is 3. The summed E-state index contributed by atoms with van der Waals surface area (Å²) in [6, 6.07) is 6.50. The number of nitriles is 1. The van der Waals surface area contributed by atoms with E-state index in [4.69, 9.17) is 5.26 Å². The first-order valence-corrected chi connectivity index (χ1v) is 6.82. The number of carbonyl (C=O) groups excluding carboxylic acids is 1. The molecule has 3 heterocycles. The van der Waals surface area contributed by atoms with Crippen molar-refractivity contribution in [1.29, 1.82) is 5.26 Å². The molecule has 2 saturated heterocycles. The van der Waals surface area contributed by atoms with Gasteiger partial charge in [-0.15, -0.1) is 0 Å². The highest BCUT2D eigenvalue weighted by molar-refractivity contribution is 5.98. The summed E-state index contributed by atoms with van der Waals surface area (Å²) in [5, 5.41) is 9.07. The Bertz CT molecular complexity index is 535. The van der Waals surface area contributed by atoms with Crippen molar-refractivity contribution in [3.63, 3.8) is 0 Å². The molecule has 0 radical (unpaired) electrons. The molecule has 0 aliphatic carbocycles. The van der Waals surface area contributed by atoms with Gasteiger partial charge in [0.25, 0.3) is 0 Å². The van der Waals surface area contributed by atoms with E-state index in [-0.39, 0.29) is 11.7 Å². The van der Waals surface area contributed by atoms with Gasteiger partial charge in [-0.25, -0.2) is 0 Å². The molecule has 2 aliphatic heterocycles. The number of rotatable bonds is 2. The number of hydrogen-bond donors (Lipinski definition) is 0.